The van der Waals surface area contributed by atoms with Gasteiger partial charge in [-0.1, -0.05) is 30.3 Å². The number of ether oxygens (including phenoxy) is 5. The summed E-state index contributed by atoms with van der Waals surface area (Å²) in [5.41, 5.74) is 1.99. The molecule has 36 heavy (non-hydrogen) atoms. The van der Waals surface area contributed by atoms with E-state index in [1.54, 1.807) is 79.0 Å². The fourth-order valence-electron chi connectivity index (χ4n) is 3.28. The van der Waals surface area contributed by atoms with Crippen molar-refractivity contribution in [3.05, 3.63) is 66.7 Å². The second kappa shape index (κ2) is 10.7. The van der Waals surface area contributed by atoms with Crippen LogP contribution in [0, 0.1) is 6.07 Å². The van der Waals surface area contributed by atoms with Gasteiger partial charge in [-0.05, 0) is 89.1 Å². The Labute approximate surface area is 211 Å². The highest BCUT2D eigenvalue weighted by atomic mass is 16.7. The largest absolute Gasteiger partial charge is 0.514 e. The third-order valence-corrected chi connectivity index (χ3v) is 4.65. The minimum atomic E-state index is -0.768. The van der Waals surface area contributed by atoms with Crippen LogP contribution in [0.2, 0.25) is 0 Å². The molecule has 3 rings (SSSR count). The van der Waals surface area contributed by atoms with Crippen molar-refractivity contribution in [2.24, 2.45) is 0 Å². The third kappa shape index (κ3) is 7.50. The van der Waals surface area contributed by atoms with Crippen molar-refractivity contribution in [1.82, 2.24) is 0 Å². The van der Waals surface area contributed by atoms with E-state index in [4.69, 9.17) is 23.7 Å². The Bertz CT molecular complexity index is 1200. The molecule has 0 N–H and O–H groups in total. The van der Waals surface area contributed by atoms with Gasteiger partial charge >= 0.3 is 12.3 Å². The molecule has 3 aromatic carbocycles. The van der Waals surface area contributed by atoms with Gasteiger partial charge in [0.1, 0.15) is 28.5 Å². The van der Waals surface area contributed by atoms with E-state index in [9.17, 15) is 9.59 Å². The topological polar surface area (TPSA) is 80.3 Å². The van der Waals surface area contributed by atoms with E-state index in [2.05, 4.69) is 6.07 Å². The molecule has 0 saturated carbocycles. The van der Waals surface area contributed by atoms with Gasteiger partial charge in [0, 0.05) is 11.1 Å². The van der Waals surface area contributed by atoms with Gasteiger partial charge in [-0.25, -0.2) is 9.59 Å². The number of carbonyl (C=O) groups excluding carboxylic acids is 2. The van der Waals surface area contributed by atoms with Crippen molar-refractivity contribution >= 4 is 12.3 Å². The van der Waals surface area contributed by atoms with Gasteiger partial charge in [0.2, 0.25) is 0 Å². The zero-order valence-electron chi connectivity index (χ0n) is 21.6. The minimum absolute atomic E-state index is 0.358. The van der Waals surface area contributed by atoms with Gasteiger partial charge < -0.3 is 23.7 Å². The lowest BCUT2D eigenvalue weighted by Gasteiger charge is -2.19. The maximum Gasteiger partial charge on any atom is 0.514 e. The molecule has 0 unspecified atom stereocenters. The molecule has 0 fully saturated rings. The monoisotopic (exact) mass is 491 g/mol. The Morgan fingerprint density at radius 1 is 0.667 bits per heavy atom. The molecule has 0 aromatic heterocycles. The Morgan fingerprint density at radius 2 is 1.11 bits per heavy atom. The molecule has 0 aliphatic rings. The molecule has 7 heteroatoms. The summed E-state index contributed by atoms with van der Waals surface area (Å²) in [4.78, 5) is 23.9. The lowest BCUT2D eigenvalue weighted by Crippen LogP contribution is -2.25. The van der Waals surface area contributed by atoms with E-state index in [1.807, 2.05) is 30.3 Å². The average Bonchev–Trinajstić information content (AvgIpc) is 2.77. The molecule has 0 amide bonds. The van der Waals surface area contributed by atoms with Gasteiger partial charge in [0.05, 0.1) is 7.11 Å². The summed E-state index contributed by atoms with van der Waals surface area (Å²) in [6.07, 6.45) is -1.53. The maximum absolute atomic E-state index is 12.0. The minimum Gasteiger partial charge on any atom is -0.496 e. The summed E-state index contributed by atoms with van der Waals surface area (Å²) in [7, 11) is 1.60. The van der Waals surface area contributed by atoms with Crippen molar-refractivity contribution < 1.29 is 33.3 Å². The van der Waals surface area contributed by atoms with Gasteiger partial charge in [-0.15, -0.1) is 0 Å². The normalized spacial score (nSPS) is 11.4. The Kier molecular flexibility index (Phi) is 7.93. The molecular formula is C29H31O7. The maximum atomic E-state index is 12.0. The lowest BCUT2D eigenvalue weighted by atomic mass is 9.93. The van der Waals surface area contributed by atoms with E-state index >= 15 is 0 Å². The highest BCUT2D eigenvalue weighted by molar-refractivity contribution is 5.87. The highest BCUT2D eigenvalue weighted by Gasteiger charge is 2.20. The molecule has 0 aliphatic carbocycles. The Morgan fingerprint density at radius 3 is 1.53 bits per heavy atom. The van der Waals surface area contributed by atoms with E-state index in [-0.39, 0.29) is 0 Å². The first-order chi connectivity index (χ1) is 16.8. The van der Waals surface area contributed by atoms with Crippen molar-refractivity contribution in [2.75, 3.05) is 7.11 Å². The van der Waals surface area contributed by atoms with Crippen LogP contribution in [0.3, 0.4) is 0 Å². The van der Waals surface area contributed by atoms with Crippen LogP contribution in [-0.2, 0) is 9.47 Å². The molecule has 0 atom stereocenters. The second-order valence-corrected chi connectivity index (χ2v) is 9.98. The molecule has 0 spiro atoms. The fraction of sp³-hybridized carbons (Fsp3) is 0.310. The molecular weight excluding hydrogens is 460 g/mol. The number of methoxy groups -OCH3 is 1. The highest BCUT2D eigenvalue weighted by Crippen LogP contribution is 2.40. The van der Waals surface area contributed by atoms with Gasteiger partial charge in [-0.2, -0.15) is 0 Å². The van der Waals surface area contributed by atoms with E-state index in [1.165, 1.54) is 0 Å². The second-order valence-electron chi connectivity index (χ2n) is 9.98. The smallest absolute Gasteiger partial charge is 0.496 e. The summed E-state index contributed by atoms with van der Waals surface area (Å²) in [6, 6.07) is 20.9. The van der Waals surface area contributed by atoms with Crippen LogP contribution in [0.25, 0.3) is 22.3 Å². The number of rotatable bonds is 5. The SMILES string of the molecule is COc1cc[c]c(-c2ccc(OC(=O)OC(C)(C)C)cc2)c1-c1ccc(OC(=O)OC(C)(C)C)cc1. The zero-order chi connectivity index (χ0) is 26.5. The number of hydrogen-bond acceptors (Lipinski definition) is 7. The van der Waals surface area contributed by atoms with Crippen LogP contribution in [-0.4, -0.2) is 30.6 Å². The zero-order valence-corrected chi connectivity index (χ0v) is 21.6. The number of hydrogen-bond donors (Lipinski definition) is 0. The standard InChI is InChI=1S/C29H31O7/c1-28(2,3)35-26(30)33-21-15-11-19(12-16-21)23-9-8-10-24(32-7)25(23)20-13-17-22(18-14-20)34-27(31)36-29(4,5)6/h8,10-18H,1-7H3. The first-order valence-electron chi connectivity index (χ1n) is 11.5. The fourth-order valence-corrected chi connectivity index (χ4v) is 3.28. The summed E-state index contributed by atoms with van der Waals surface area (Å²) in [5.74, 6) is 1.37. The quantitative estimate of drug-likeness (QED) is 0.271. The molecule has 0 saturated heterocycles. The predicted octanol–water partition coefficient (Wildman–Crippen LogP) is 7.46. The molecule has 1 radical (unpaired) electrons. The summed E-state index contributed by atoms with van der Waals surface area (Å²) in [6.45, 7) is 10.6. The van der Waals surface area contributed by atoms with Crippen LogP contribution in [0.4, 0.5) is 9.59 Å². The number of benzene rings is 3. The molecule has 0 heterocycles. The Balaban J connectivity index is 1.86. The summed E-state index contributed by atoms with van der Waals surface area (Å²) >= 11 is 0. The third-order valence-electron chi connectivity index (χ3n) is 4.65. The molecule has 3 aromatic rings. The predicted molar refractivity (Wildman–Crippen MR) is 136 cm³/mol. The van der Waals surface area contributed by atoms with Gasteiger partial charge in [-0.3, -0.25) is 0 Å². The first-order valence-corrected chi connectivity index (χ1v) is 11.5. The molecule has 189 valence electrons. The summed E-state index contributed by atoms with van der Waals surface area (Å²) < 4.78 is 26.6. The van der Waals surface area contributed by atoms with Crippen LogP contribution >= 0.6 is 0 Å². The van der Waals surface area contributed by atoms with E-state index < -0.39 is 23.5 Å². The van der Waals surface area contributed by atoms with Crippen LogP contribution in [0.1, 0.15) is 41.5 Å². The van der Waals surface area contributed by atoms with Crippen LogP contribution < -0.4 is 14.2 Å². The molecule has 0 aliphatic heterocycles. The van der Waals surface area contributed by atoms with Gasteiger partial charge in [0.15, 0.2) is 0 Å². The molecule has 7 nitrogen and oxygen atoms in total. The van der Waals surface area contributed by atoms with Crippen LogP contribution in [0.5, 0.6) is 17.2 Å². The molecule has 0 bridgehead atoms. The van der Waals surface area contributed by atoms with Crippen molar-refractivity contribution in [3.63, 3.8) is 0 Å². The van der Waals surface area contributed by atoms with Crippen molar-refractivity contribution in [3.8, 4) is 39.5 Å². The lowest BCUT2D eigenvalue weighted by molar-refractivity contribution is 0.0193. The summed E-state index contributed by atoms with van der Waals surface area (Å²) in [5, 5.41) is 0. The first kappa shape index (κ1) is 26.6. The van der Waals surface area contributed by atoms with Crippen LogP contribution in [0.15, 0.2) is 60.7 Å². The van der Waals surface area contributed by atoms with Crippen molar-refractivity contribution in [2.45, 2.75) is 52.7 Å². The van der Waals surface area contributed by atoms with E-state index in [0.29, 0.717) is 17.2 Å². The van der Waals surface area contributed by atoms with Gasteiger partial charge in [0.25, 0.3) is 0 Å². The Hall–Kier alpha value is -4.00. The number of carbonyl (C=O) groups is 2. The van der Waals surface area contributed by atoms with E-state index in [0.717, 1.165) is 22.3 Å². The average molecular weight is 492 g/mol. The van der Waals surface area contributed by atoms with Crippen molar-refractivity contribution in [1.29, 1.82) is 0 Å².